The fourth-order valence-corrected chi connectivity index (χ4v) is 5.77. The van der Waals surface area contributed by atoms with E-state index in [9.17, 15) is 0 Å². The molecule has 1 aliphatic heterocycles. The Balaban J connectivity index is 1.07. The normalized spacial score (nSPS) is 23.4. The minimum Gasteiger partial charge on any atom is -0.356 e. The lowest BCUT2D eigenvalue weighted by Gasteiger charge is -2.42. The predicted molar refractivity (Wildman–Crippen MR) is 118 cm³/mol. The molecule has 154 valence electrons. The molecule has 5 rings (SSSR count). The third-order valence-corrected chi connectivity index (χ3v) is 7.88. The number of nitrogens with one attached hydrogen (secondary N) is 1. The molecule has 8 heteroatoms. The van der Waals surface area contributed by atoms with Crippen molar-refractivity contribution in [3.05, 3.63) is 36.5 Å². The summed E-state index contributed by atoms with van der Waals surface area (Å²) in [6.45, 7) is 2.35. The second kappa shape index (κ2) is 7.99. The van der Waals surface area contributed by atoms with Crippen LogP contribution in [0.4, 0.5) is 5.82 Å². The Labute approximate surface area is 176 Å². The van der Waals surface area contributed by atoms with Gasteiger partial charge in [0.1, 0.15) is 17.8 Å². The topological polar surface area (TPSA) is 65.9 Å². The summed E-state index contributed by atoms with van der Waals surface area (Å²) in [6.07, 6.45) is 10.6. The fraction of sp³-hybridized carbons (Fsp3) is 0.571. The molecule has 4 heterocycles. The van der Waals surface area contributed by atoms with Crippen molar-refractivity contribution in [2.24, 2.45) is 13.0 Å². The molecule has 0 spiro atoms. The second-order valence-electron chi connectivity index (χ2n) is 8.45. The Hall–Kier alpha value is -2.06. The van der Waals surface area contributed by atoms with Crippen LogP contribution in [0, 0.1) is 5.92 Å². The first kappa shape index (κ1) is 18.9. The van der Waals surface area contributed by atoms with Crippen molar-refractivity contribution in [3.8, 4) is 0 Å². The van der Waals surface area contributed by atoms with Crippen LogP contribution in [0.2, 0.25) is 0 Å². The van der Waals surface area contributed by atoms with Gasteiger partial charge in [0.05, 0.1) is 11.1 Å². The quantitative estimate of drug-likeness (QED) is 0.627. The molecule has 2 aliphatic rings. The lowest BCUT2D eigenvalue weighted by atomic mass is 9.81. The van der Waals surface area contributed by atoms with Crippen LogP contribution in [0.15, 0.2) is 30.9 Å². The number of rotatable bonds is 6. The van der Waals surface area contributed by atoms with Crippen LogP contribution in [-0.4, -0.2) is 61.0 Å². The number of hydrogen-bond donors (Lipinski definition) is 1. The number of aromatic amines is 1. The number of piperidine rings is 1. The van der Waals surface area contributed by atoms with Crippen LogP contribution in [0.25, 0.3) is 11.0 Å². The molecule has 1 saturated heterocycles. The van der Waals surface area contributed by atoms with Crippen LogP contribution < -0.4 is 4.90 Å². The molecule has 3 aromatic heterocycles. The summed E-state index contributed by atoms with van der Waals surface area (Å²) in [5.41, 5.74) is 2.19. The van der Waals surface area contributed by atoms with Crippen LogP contribution in [0.5, 0.6) is 0 Å². The van der Waals surface area contributed by atoms with Crippen molar-refractivity contribution < 1.29 is 0 Å². The van der Waals surface area contributed by atoms with E-state index < -0.39 is 0 Å². The maximum Gasteiger partial charge on any atom is 0.142 e. The maximum atomic E-state index is 4.60. The SMILES string of the molecule is Cn1ccc(C2CCN(SC[C@H]3C[C@@H](N(C)c4ncnc5[nH]ccc45)C3)CC2)n1. The zero-order chi connectivity index (χ0) is 19.8. The fourth-order valence-electron chi connectivity index (χ4n) is 4.61. The van der Waals surface area contributed by atoms with E-state index in [0.717, 1.165) is 22.8 Å². The Morgan fingerprint density at radius 2 is 2.03 bits per heavy atom. The van der Waals surface area contributed by atoms with Gasteiger partial charge < -0.3 is 9.88 Å². The monoisotopic (exact) mass is 411 g/mol. The first-order chi connectivity index (χ1) is 14.2. The van der Waals surface area contributed by atoms with Crippen molar-refractivity contribution in [1.29, 1.82) is 0 Å². The highest BCUT2D eigenvalue weighted by Gasteiger charge is 2.34. The maximum absolute atomic E-state index is 4.60. The van der Waals surface area contributed by atoms with E-state index in [1.807, 2.05) is 17.9 Å². The number of anilines is 1. The summed E-state index contributed by atoms with van der Waals surface area (Å²) in [5.74, 6) is 3.73. The molecule has 1 N–H and O–H groups in total. The van der Waals surface area contributed by atoms with Gasteiger partial charge in [-0.05, 0) is 43.7 Å². The van der Waals surface area contributed by atoms with Crippen molar-refractivity contribution in [2.45, 2.75) is 37.6 Å². The van der Waals surface area contributed by atoms with Gasteiger partial charge in [0.15, 0.2) is 0 Å². The standard InChI is InChI=1S/C21H29N7S/c1-26-8-6-19(25-26)16-4-9-28(10-5-16)29-13-15-11-17(12-15)27(2)21-18-3-7-22-20(18)23-14-24-21/h3,6-8,14-17H,4-5,9-13H2,1-2H3,(H,22,23,24)/t15-,17+. The number of H-pyrrole nitrogens is 1. The number of hydrogen-bond acceptors (Lipinski definition) is 6. The molecule has 3 aromatic rings. The van der Waals surface area contributed by atoms with E-state index in [2.05, 4.69) is 66.6 Å². The molecule has 2 fully saturated rings. The van der Waals surface area contributed by atoms with E-state index in [-0.39, 0.29) is 0 Å². The molecule has 0 unspecified atom stereocenters. The first-order valence-corrected chi connectivity index (χ1v) is 11.5. The zero-order valence-electron chi connectivity index (χ0n) is 17.2. The van der Waals surface area contributed by atoms with Crippen LogP contribution in [0.1, 0.15) is 37.3 Å². The highest BCUT2D eigenvalue weighted by atomic mass is 32.2. The summed E-state index contributed by atoms with van der Waals surface area (Å²) in [4.78, 5) is 14.4. The average Bonchev–Trinajstić information content (AvgIpc) is 3.35. The second-order valence-corrected chi connectivity index (χ2v) is 9.56. The molecule has 0 aromatic carbocycles. The lowest BCUT2D eigenvalue weighted by Crippen LogP contribution is -2.44. The van der Waals surface area contributed by atoms with E-state index in [1.165, 1.54) is 50.2 Å². The van der Waals surface area contributed by atoms with Crippen molar-refractivity contribution in [1.82, 2.24) is 29.0 Å². The van der Waals surface area contributed by atoms with Gasteiger partial charge in [-0.15, -0.1) is 0 Å². The van der Waals surface area contributed by atoms with E-state index >= 15 is 0 Å². The summed E-state index contributed by atoms with van der Waals surface area (Å²) >= 11 is 2.06. The largest absolute Gasteiger partial charge is 0.356 e. The Kier molecular flexibility index (Phi) is 5.22. The highest BCUT2D eigenvalue weighted by molar-refractivity contribution is 7.97. The molecule has 0 atom stereocenters. The van der Waals surface area contributed by atoms with Gasteiger partial charge in [0, 0.05) is 57.3 Å². The van der Waals surface area contributed by atoms with Crippen molar-refractivity contribution in [2.75, 3.05) is 30.8 Å². The summed E-state index contributed by atoms with van der Waals surface area (Å²) < 4.78 is 4.49. The molecular weight excluding hydrogens is 382 g/mol. The van der Waals surface area contributed by atoms with Crippen molar-refractivity contribution >= 4 is 28.8 Å². The van der Waals surface area contributed by atoms with Gasteiger partial charge in [-0.3, -0.25) is 8.99 Å². The molecule has 1 aliphatic carbocycles. The molecular formula is C21H29N7S. The molecule has 29 heavy (non-hydrogen) atoms. The third-order valence-electron chi connectivity index (χ3n) is 6.52. The zero-order valence-corrected chi connectivity index (χ0v) is 18.0. The average molecular weight is 412 g/mol. The van der Waals surface area contributed by atoms with Gasteiger partial charge in [0.25, 0.3) is 0 Å². The Morgan fingerprint density at radius 1 is 1.21 bits per heavy atom. The van der Waals surface area contributed by atoms with Crippen LogP contribution in [-0.2, 0) is 7.05 Å². The predicted octanol–water partition coefficient (Wildman–Crippen LogP) is 3.43. The van der Waals surface area contributed by atoms with Gasteiger partial charge in [-0.25, -0.2) is 9.97 Å². The number of fused-ring (bicyclic) bond motifs is 1. The third kappa shape index (κ3) is 3.88. The summed E-state index contributed by atoms with van der Waals surface area (Å²) in [6, 6.07) is 4.84. The van der Waals surface area contributed by atoms with Crippen LogP contribution in [0.3, 0.4) is 0 Å². The van der Waals surface area contributed by atoms with Gasteiger partial charge in [-0.2, -0.15) is 5.10 Å². The highest BCUT2D eigenvalue weighted by Crippen LogP contribution is 2.38. The van der Waals surface area contributed by atoms with Gasteiger partial charge in [0.2, 0.25) is 0 Å². The molecule has 0 amide bonds. The molecule has 0 radical (unpaired) electrons. The minimum absolute atomic E-state index is 0.587. The summed E-state index contributed by atoms with van der Waals surface area (Å²) in [5, 5.41) is 5.71. The van der Waals surface area contributed by atoms with Gasteiger partial charge >= 0.3 is 0 Å². The molecule has 0 bridgehead atoms. The van der Waals surface area contributed by atoms with Crippen LogP contribution >= 0.6 is 11.9 Å². The van der Waals surface area contributed by atoms with E-state index in [0.29, 0.717) is 12.0 Å². The Bertz CT molecular complexity index is 953. The minimum atomic E-state index is 0.587. The smallest absolute Gasteiger partial charge is 0.142 e. The molecule has 7 nitrogen and oxygen atoms in total. The number of aryl methyl sites for hydroxylation is 1. The van der Waals surface area contributed by atoms with Crippen molar-refractivity contribution in [3.63, 3.8) is 0 Å². The number of aromatic nitrogens is 5. The Morgan fingerprint density at radius 3 is 2.79 bits per heavy atom. The first-order valence-electron chi connectivity index (χ1n) is 10.6. The van der Waals surface area contributed by atoms with Gasteiger partial charge in [-0.1, -0.05) is 11.9 Å². The molecule has 1 saturated carbocycles. The number of nitrogens with zero attached hydrogens (tertiary/aromatic N) is 6. The lowest BCUT2D eigenvalue weighted by molar-refractivity contribution is 0.281. The van der Waals surface area contributed by atoms with E-state index in [1.54, 1.807) is 6.33 Å². The van der Waals surface area contributed by atoms with E-state index in [4.69, 9.17) is 0 Å². The summed E-state index contributed by atoms with van der Waals surface area (Å²) in [7, 11) is 4.18.